The molecule has 92 valence electrons. The van der Waals surface area contributed by atoms with Gasteiger partial charge in [0.1, 0.15) is 5.56 Å². The molecule has 5 nitrogen and oxygen atoms in total. The number of ether oxygens (including phenoxy) is 2. The summed E-state index contributed by atoms with van der Waals surface area (Å²) in [5, 5.41) is 9.02. The molecule has 0 saturated carbocycles. The second-order valence-corrected chi connectivity index (χ2v) is 4.07. The van der Waals surface area contributed by atoms with Gasteiger partial charge in [0.05, 0.1) is 18.9 Å². The van der Waals surface area contributed by atoms with Gasteiger partial charge in [-0.05, 0) is 18.6 Å². The molecule has 0 bridgehead atoms. The smallest absolute Gasteiger partial charge is 0.339 e. The highest BCUT2D eigenvalue weighted by Crippen LogP contribution is 2.27. The summed E-state index contributed by atoms with van der Waals surface area (Å²) in [6.45, 7) is 1.84. The van der Waals surface area contributed by atoms with Crippen molar-refractivity contribution in [3.63, 3.8) is 0 Å². The van der Waals surface area contributed by atoms with E-state index in [9.17, 15) is 4.79 Å². The Labute approximate surface area is 99.1 Å². The van der Waals surface area contributed by atoms with Gasteiger partial charge in [-0.1, -0.05) is 6.07 Å². The number of carboxylic acids is 1. The van der Waals surface area contributed by atoms with Gasteiger partial charge in [-0.3, -0.25) is 0 Å². The number of para-hydroxylation sites is 1. The highest BCUT2D eigenvalue weighted by atomic mass is 16.5. The number of aromatic carboxylic acids is 1. The van der Waals surface area contributed by atoms with Crippen LogP contribution < -0.4 is 10.5 Å². The van der Waals surface area contributed by atoms with Gasteiger partial charge < -0.3 is 20.3 Å². The number of rotatable bonds is 4. The Balaban J connectivity index is 2.10. The molecule has 0 amide bonds. The number of hydrogen-bond acceptors (Lipinski definition) is 4. The predicted octanol–water partition coefficient (Wildman–Crippen LogP) is 1.38. The SMILES string of the molecule is Nc1cccc(C(=O)O)c1OCC1CCOC1. The first kappa shape index (κ1) is 11.7. The van der Waals surface area contributed by atoms with Gasteiger partial charge >= 0.3 is 5.97 Å². The first-order valence-corrected chi connectivity index (χ1v) is 5.51. The quantitative estimate of drug-likeness (QED) is 0.773. The van der Waals surface area contributed by atoms with Crippen LogP contribution in [0.1, 0.15) is 16.8 Å². The van der Waals surface area contributed by atoms with Gasteiger partial charge in [-0.2, -0.15) is 0 Å². The van der Waals surface area contributed by atoms with Gasteiger partial charge in [0, 0.05) is 12.5 Å². The highest BCUT2D eigenvalue weighted by molar-refractivity contribution is 5.93. The molecule has 1 heterocycles. The van der Waals surface area contributed by atoms with Crippen molar-refractivity contribution in [1.82, 2.24) is 0 Å². The van der Waals surface area contributed by atoms with E-state index in [4.69, 9.17) is 20.3 Å². The molecule has 0 radical (unpaired) electrons. The predicted molar refractivity (Wildman–Crippen MR) is 62.2 cm³/mol. The number of benzene rings is 1. The summed E-state index contributed by atoms with van der Waals surface area (Å²) in [6.07, 6.45) is 0.940. The van der Waals surface area contributed by atoms with E-state index in [1.54, 1.807) is 12.1 Å². The van der Waals surface area contributed by atoms with Crippen LogP contribution in [0.5, 0.6) is 5.75 Å². The van der Waals surface area contributed by atoms with E-state index in [-0.39, 0.29) is 11.3 Å². The average molecular weight is 237 g/mol. The van der Waals surface area contributed by atoms with E-state index in [0.29, 0.717) is 24.8 Å². The van der Waals surface area contributed by atoms with E-state index in [1.165, 1.54) is 6.07 Å². The van der Waals surface area contributed by atoms with E-state index in [2.05, 4.69) is 0 Å². The van der Waals surface area contributed by atoms with Crippen molar-refractivity contribution in [2.24, 2.45) is 5.92 Å². The Morgan fingerprint density at radius 2 is 2.41 bits per heavy atom. The minimum atomic E-state index is -1.03. The summed E-state index contributed by atoms with van der Waals surface area (Å²) < 4.78 is 10.8. The minimum Gasteiger partial charge on any atom is -0.490 e. The Kier molecular flexibility index (Phi) is 3.49. The molecule has 0 aliphatic carbocycles. The van der Waals surface area contributed by atoms with Crippen molar-refractivity contribution in [2.45, 2.75) is 6.42 Å². The molecule has 1 aromatic carbocycles. The van der Waals surface area contributed by atoms with Gasteiger partial charge in [0.2, 0.25) is 0 Å². The van der Waals surface area contributed by atoms with Crippen LogP contribution in [0.3, 0.4) is 0 Å². The van der Waals surface area contributed by atoms with Crippen LogP contribution in [-0.2, 0) is 4.74 Å². The van der Waals surface area contributed by atoms with Crippen molar-refractivity contribution in [3.05, 3.63) is 23.8 Å². The van der Waals surface area contributed by atoms with Crippen LogP contribution in [0.4, 0.5) is 5.69 Å². The van der Waals surface area contributed by atoms with Gasteiger partial charge in [0.25, 0.3) is 0 Å². The molecule has 0 spiro atoms. The van der Waals surface area contributed by atoms with E-state index < -0.39 is 5.97 Å². The molecule has 3 N–H and O–H groups in total. The Bertz CT molecular complexity index is 413. The molecule has 1 aliphatic heterocycles. The molecule has 1 aromatic rings. The van der Waals surface area contributed by atoms with Crippen molar-refractivity contribution >= 4 is 11.7 Å². The molecule has 1 unspecified atom stereocenters. The van der Waals surface area contributed by atoms with Crippen molar-refractivity contribution in [1.29, 1.82) is 0 Å². The maximum absolute atomic E-state index is 11.0. The summed E-state index contributed by atoms with van der Waals surface area (Å²) in [5.41, 5.74) is 6.18. The molecule has 1 fully saturated rings. The standard InChI is InChI=1S/C12H15NO4/c13-10-3-1-2-9(12(14)15)11(10)17-7-8-4-5-16-6-8/h1-3,8H,4-7,13H2,(H,14,15). The van der Waals surface area contributed by atoms with Crippen LogP contribution in [0.25, 0.3) is 0 Å². The monoisotopic (exact) mass is 237 g/mol. The van der Waals surface area contributed by atoms with Gasteiger partial charge in [-0.25, -0.2) is 4.79 Å². The Morgan fingerprint density at radius 1 is 1.59 bits per heavy atom. The summed E-state index contributed by atoms with van der Waals surface area (Å²) in [7, 11) is 0. The highest BCUT2D eigenvalue weighted by Gasteiger charge is 2.19. The minimum absolute atomic E-state index is 0.101. The molecule has 2 rings (SSSR count). The maximum Gasteiger partial charge on any atom is 0.339 e. The van der Waals surface area contributed by atoms with Crippen molar-refractivity contribution in [3.8, 4) is 5.75 Å². The lowest BCUT2D eigenvalue weighted by atomic mass is 10.1. The molecular weight excluding hydrogens is 222 g/mol. The van der Waals surface area contributed by atoms with Crippen LogP contribution in [0.15, 0.2) is 18.2 Å². The lowest BCUT2D eigenvalue weighted by Crippen LogP contribution is -2.14. The van der Waals surface area contributed by atoms with Crippen LogP contribution >= 0.6 is 0 Å². The zero-order valence-corrected chi connectivity index (χ0v) is 9.39. The summed E-state index contributed by atoms with van der Waals surface area (Å²) in [5.74, 6) is -0.460. The third-order valence-corrected chi connectivity index (χ3v) is 2.76. The number of carbonyl (C=O) groups is 1. The lowest BCUT2D eigenvalue weighted by Gasteiger charge is -2.14. The molecular formula is C12H15NO4. The fraction of sp³-hybridized carbons (Fsp3) is 0.417. The number of carboxylic acid groups (broad SMARTS) is 1. The maximum atomic E-state index is 11.0. The first-order valence-electron chi connectivity index (χ1n) is 5.51. The second-order valence-electron chi connectivity index (χ2n) is 4.07. The fourth-order valence-corrected chi connectivity index (χ4v) is 1.80. The zero-order valence-electron chi connectivity index (χ0n) is 9.39. The second kappa shape index (κ2) is 5.05. The molecule has 0 aromatic heterocycles. The van der Waals surface area contributed by atoms with Crippen LogP contribution in [0, 0.1) is 5.92 Å². The molecule has 5 heteroatoms. The summed E-state index contributed by atoms with van der Waals surface area (Å²) in [6, 6.07) is 4.72. The number of nitrogens with two attached hydrogens (primary N) is 1. The largest absolute Gasteiger partial charge is 0.490 e. The van der Waals surface area contributed by atoms with Gasteiger partial charge in [-0.15, -0.1) is 0 Å². The van der Waals surface area contributed by atoms with Gasteiger partial charge in [0.15, 0.2) is 5.75 Å². The molecule has 1 aliphatic rings. The zero-order chi connectivity index (χ0) is 12.3. The Hall–Kier alpha value is -1.75. The number of nitrogen functional groups attached to an aromatic ring is 1. The summed E-state index contributed by atoms with van der Waals surface area (Å²) >= 11 is 0. The summed E-state index contributed by atoms with van der Waals surface area (Å²) in [4.78, 5) is 11.0. The Morgan fingerprint density at radius 3 is 3.06 bits per heavy atom. The topological polar surface area (TPSA) is 81.8 Å². The van der Waals surface area contributed by atoms with Crippen LogP contribution in [-0.4, -0.2) is 30.9 Å². The van der Waals surface area contributed by atoms with Crippen molar-refractivity contribution < 1.29 is 19.4 Å². The molecule has 17 heavy (non-hydrogen) atoms. The van der Waals surface area contributed by atoms with E-state index >= 15 is 0 Å². The molecule has 1 atom stereocenters. The third kappa shape index (κ3) is 2.68. The fourth-order valence-electron chi connectivity index (χ4n) is 1.80. The van der Waals surface area contributed by atoms with E-state index in [1.807, 2.05) is 0 Å². The van der Waals surface area contributed by atoms with E-state index in [0.717, 1.165) is 13.0 Å². The lowest BCUT2D eigenvalue weighted by molar-refractivity contribution is 0.0691. The first-order chi connectivity index (χ1) is 8.18. The third-order valence-electron chi connectivity index (χ3n) is 2.76. The number of anilines is 1. The van der Waals surface area contributed by atoms with Crippen LogP contribution in [0.2, 0.25) is 0 Å². The normalized spacial score (nSPS) is 19.2. The molecule has 1 saturated heterocycles. The number of hydrogen-bond donors (Lipinski definition) is 2. The average Bonchev–Trinajstić information content (AvgIpc) is 2.80. The van der Waals surface area contributed by atoms with Crippen molar-refractivity contribution in [2.75, 3.05) is 25.6 Å².